The third-order valence-electron chi connectivity index (χ3n) is 3.59. The Labute approximate surface area is 140 Å². The summed E-state index contributed by atoms with van der Waals surface area (Å²) in [6.45, 7) is 2.51. The van der Waals surface area contributed by atoms with Crippen LogP contribution in [0.1, 0.15) is 21.6 Å². The molecule has 0 aliphatic rings. The van der Waals surface area contributed by atoms with Crippen molar-refractivity contribution in [2.75, 3.05) is 10.6 Å². The van der Waals surface area contributed by atoms with Gasteiger partial charge in [-0.15, -0.1) is 0 Å². The second-order valence-electron chi connectivity index (χ2n) is 5.38. The summed E-state index contributed by atoms with van der Waals surface area (Å²) in [4.78, 5) is 20.8. The lowest BCUT2D eigenvalue weighted by molar-refractivity contribution is 0.102. The highest BCUT2D eigenvalue weighted by molar-refractivity contribution is 6.05. The first kappa shape index (κ1) is 15.7. The standard InChI is InChI=1S/C19H18N4O/c1-14-6-2-3-8-17(14)19(24)23-16-9-10-18(22-13-16)21-12-15-7-4-5-11-20-15/h2-11,13H,12H2,1H3,(H,21,22)(H,23,24). The van der Waals surface area contributed by atoms with Crippen molar-refractivity contribution in [2.45, 2.75) is 13.5 Å². The number of anilines is 2. The highest BCUT2D eigenvalue weighted by Crippen LogP contribution is 2.14. The Morgan fingerprint density at radius 3 is 2.54 bits per heavy atom. The van der Waals surface area contributed by atoms with E-state index in [2.05, 4.69) is 20.6 Å². The normalized spacial score (nSPS) is 10.2. The molecule has 3 aromatic rings. The van der Waals surface area contributed by atoms with Crippen LogP contribution in [0.5, 0.6) is 0 Å². The number of carbonyl (C=O) groups is 1. The summed E-state index contributed by atoms with van der Waals surface area (Å²) in [5, 5.41) is 6.05. The molecule has 2 heterocycles. The predicted molar refractivity (Wildman–Crippen MR) is 94.9 cm³/mol. The third kappa shape index (κ3) is 3.95. The van der Waals surface area contributed by atoms with Crippen molar-refractivity contribution in [3.05, 3.63) is 83.8 Å². The molecule has 120 valence electrons. The van der Waals surface area contributed by atoms with Crippen LogP contribution in [0.25, 0.3) is 0 Å². The van der Waals surface area contributed by atoms with E-state index in [1.807, 2.05) is 55.5 Å². The molecule has 0 fully saturated rings. The van der Waals surface area contributed by atoms with Gasteiger partial charge in [-0.05, 0) is 42.8 Å². The van der Waals surface area contributed by atoms with Crippen molar-refractivity contribution in [2.24, 2.45) is 0 Å². The molecule has 0 saturated heterocycles. The molecule has 1 aromatic carbocycles. The molecule has 0 aliphatic heterocycles. The van der Waals surface area contributed by atoms with E-state index in [-0.39, 0.29) is 5.91 Å². The fourth-order valence-electron chi connectivity index (χ4n) is 2.28. The highest BCUT2D eigenvalue weighted by atomic mass is 16.1. The molecule has 0 unspecified atom stereocenters. The molecule has 24 heavy (non-hydrogen) atoms. The van der Waals surface area contributed by atoms with Crippen molar-refractivity contribution >= 4 is 17.4 Å². The van der Waals surface area contributed by atoms with E-state index in [1.54, 1.807) is 18.5 Å². The lowest BCUT2D eigenvalue weighted by Gasteiger charge is -2.09. The fraction of sp³-hybridized carbons (Fsp3) is 0.105. The SMILES string of the molecule is Cc1ccccc1C(=O)Nc1ccc(NCc2ccccn2)nc1. The molecule has 2 aromatic heterocycles. The van der Waals surface area contributed by atoms with Crippen molar-refractivity contribution in [3.63, 3.8) is 0 Å². The average molecular weight is 318 g/mol. The second kappa shape index (κ2) is 7.37. The zero-order chi connectivity index (χ0) is 16.8. The van der Waals surface area contributed by atoms with E-state index < -0.39 is 0 Å². The minimum atomic E-state index is -0.135. The summed E-state index contributed by atoms with van der Waals surface area (Å²) in [5.74, 6) is 0.596. The number of benzene rings is 1. The van der Waals surface area contributed by atoms with E-state index in [0.29, 0.717) is 17.8 Å². The molecule has 5 nitrogen and oxygen atoms in total. The van der Waals surface area contributed by atoms with Gasteiger partial charge in [-0.1, -0.05) is 24.3 Å². The zero-order valence-corrected chi connectivity index (χ0v) is 13.4. The number of hydrogen-bond acceptors (Lipinski definition) is 4. The Hall–Kier alpha value is -3.21. The van der Waals surface area contributed by atoms with E-state index in [1.165, 1.54) is 0 Å². The summed E-state index contributed by atoms with van der Waals surface area (Å²) in [5.41, 5.74) is 3.20. The smallest absolute Gasteiger partial charge is 0.255 e. The number of nitrogens with one attached hydrogen (secondary N) is 2. The first-order valence-corrected chi connectivity index (χ1v) is 7.69. The predicted octanol–water partition coefficient (Wildman–Crippen LogP) is 3.65. The molecule has 0 radical (unpaired) electrons. The number of amides is 1. The van der Waals surface area contributed by atoms with Crippen LogP contribution in [0.3, 0.4) is 0 Å². The minimum absolute atomic E-state index is 0.135. The van der Waals surface area contributed by atoms with E-state index in [9.17, 15) is 4.79 Å². The molecular formula is C19H18N4O. The monoisotopic (exact) mass is 318 g/mol. The Kier molecular flexibility index (Phi) is 4.81. The van der Waals surface area contributed by atoms with Gasteiger partial charge in [0, 0.05) is 11.8 Å². The van der Waals surface area contributed by atoms with Gasteiger partial charge in [0.15, 0.2) is 0 Å². The van der Waals surface area contributed by atoms with Crippen LogP contribution in [0.4, 0.5) is 11.5 Å². The Bertz CT molecular complexity index is 816. The largest absolute Gasteiger partial charge is 0.364 e. The van der Waals surface area contributed by atoms with Gasteiger partial charge in [-0.2, -0.15) is 0 Å². The van der Waals surface area contributed by atoms with Crippen LogP contribution in [0.15, 0.2) is 67.0 Å². The maximum Gasteiger partial charge on any atom is 0.255 e. The molecule has 1 amide bonds. The van der Waals surface area contributed by atoms with Gasteiger partial charge < -0.3 is 10.6 Å². The fourth-order valence-corrected chi connectivity index (χ4v) is 2.28. The Morgan fingerprint density at radius 1 is 1.00 bits per heavy atom. The quantitative estimate of drug-likeness (QED) is 0.753. The molecular weight excluding hydrogens is 300 g/mol. The van der Waals surface area contributed by atoms with Crippen LogP contribution >= 0.6 is 0 Å². The third-order valence-corrected chi connectivity index (χ3v) is 3.59. The lowest BCUT2D eigenvalue weighted by atomic mass is 10.1. The van der Waals surface area contributed by atoms with Crippen molar-refractivity contribution in [1.29, 1.82) is 0 Å². The lowest BCUT2D eigenvalue weighted by Crippen LogP contribution is -2.13. The molecule has 0 bridgehead atoms. The summed E-state index contributed by atoms with van der Waals surface area (Å²) in [7, 11) is 0. The topological polar surface area (TPSA) is 66.9 Å². The number of aromatic nitrogens is 2. The van der Waals surface area contributed by atoms with Gasteiger partial charge in [-0.3, -0.25) is 9.78 Å². The molecule has 0 spiro atoms. The number of pyridine rings is 2. The second-order valence-corrected chi connectivity index (χ2v) is 5.38. The maximum absolute atomic E-state index is 12.3. The summed E-state index contributed by atoms with van der Waals surface area (Å²) >= 11 is 0. The number of aryl methyl sites for hydroxylation is 1. The van der Waals surface area contributed by atoms with Gasteiger partial charge >= 0.3 is 0 Å². The Balaban J connectivity index is 1.60. The summed E-state index contributed by atoms with van der Waals surface area (Å²) in [6, 6.07) is 16.9. The van der Waals surface area contributed by atoms with Crippen LogP contribution in [-0.2, 0) is 6.54 Å². The minimum Gasteiger partial charge on any atom is -0.364 e. The zero-order valence-electron chi connectivity index (χ0n) is 13.4. The summed E-state index contributed by atoms with van der Waals surface area (Å²) in [6.07, 6.45) is 3.39. The van der Waals surface area contributed by atoms with Gasteiger partial charge in [0.25, 0.3) is 5.91 Å². The number of hydrogen-bond donors (Lipinski definition) is 2. The van der Waals surface area contributed by atoms with Gasteiger partial charge in [-0.25, -0.2) is 4.98 Å². The molecule has 2 N–H and O–H groups in total. The van der Waals surface area contributed by atoms with Crippen molar-refractivity contribution in [3.8, 4) is 0 Å². The molecule has 0 atom stereocenters. The van der Waals surface area contributed by atoms with E-state index >= 15 is 0 Å². The molecule has 0 saturated carbocycles. The first-order chi connectivity index (χ1) is 11.7. The maximum atomic E-state index is 12.3. The van der Waals surface area contributed by atoms with Crippen molar-refractivity contribution < 1.29 is 4.79 Å². The molecule has 3 rings (SSSR count). The molecule has 0 aliphatic carbocycles. The first-order valence-electron chi connectivity index (χ1n) is 7.69. The Morgan fingerprint density at radius 2 is 1.83 bits per heavy atom. The highest BCUT2D eigenvalue weighted by Gasteiger charge is 2.08. The average Bonchev–Trinajstić information content (AvgIpc) is 2.62. The number of rotatable bonds is 5. The summed E-state index contributed by atoms with van der Waals surface area (Å²) < 4.78 is 0. The van der Waals surface area contributed by atoms with Crippen LogP contribution in [-0.4, -0.2) is 15.9 Å². The van der Waals surface area contributed by atoms with Crippen LogP contribution < -0.4 is 10.6 Å². The van der Waals surface area contributed by atoms with Gasteiger partial charge in [0.2, 0.25) is 0 Å². The van der Waals surface area contributed by atoms with Gasteiger partial charge in [0.05, 0.1) is 24.1 Å². The molecule has 5 heteroatoms. The number of nitrogens with zero attached hydrogens (tertiary/aromatic N) is 2. The van der Waals surface area contributed by atoms with Gasteiger partial charge in [0.1, 0.15) is 5.82 Å². The van der Waals surface area contributed by atoms with E-state index in [0.717, 1.165) is 17.1 Å². The van der Waals surface area contributed by atoms with Crippen molar-refractivity contribution in [1.82, 2.24) is 9.97 Å². The van der Waals surface area contributed by atoms with Crippen LogP contribution in [0, 0.1) is 6.92 Å². The van der Waals surface area contributed by atoms with Crippen LogP contribution in [0.2, 0.25) is 0 Å². The van der Waals surface area contributed by atoms with E-state index in [4.69, 9.17) is 0 Å². The number of carbonyl (C=O) groups excluding carboxylic acids is 1.